The van der Waals surface area contributed by atoms with Crippen molar-refractivity contribution in [2.45, 2.75) is 46.1 Å². The van der Waals surface area contributed by atoms with Gasteiger partial charge in [0.15, 0.2) is 0 Å². The quantitative estimate of drug-likeness (QED) is 0.685. The molecule has 0 aromatic rings. The Morgan fingerprint density at radius 2 is 1.89 bits per heavy atom. The lowest BCUT2D eigenvalue weighted by Crippen LogP contribution is -2.38. The maximum absolute atomic E-state index is 12.1. The molecule has 0 fully saturated rings. The highest BCUT2D eigenvalue weighted by Gasteiger charge is 2.19. The van der Waals surface area contributed by atoms with E-state index in [4.69, 9.17) is 9.84 Å². The Morgan fingerprint density at radius 1 is 1.28 bits per heavy atom. The Kier molecular flexibility index (Phi) is 8.37. The first kappa shape index (κ1) is 16.9. The summed E-state index contributed by atoms with van der Waals surface area (Å²) in [6, 6.07) is 0.0982. The lowest BCUT2D eigenvalue weighted by atomic mass is 10.1. The molecule has 0 aliphatic rings. The fourth-order valence-corrected chi connectivity index (χ4v) is 1.83. The van der Waals surface area contributed by atoms with Crippen molar-refractivity contribution in [2.24, 2.45) is 5.92 Å². The van der Waals surface area contributed by atoms with Crippen molar-refractivity contribution in [1.82, 2.24) is 4.90 Å². The summed E-state index contributed by atoms with van der Waals surface area (Å²) in [5, 5.41) is 8.60. The lowest BCUT2D eigenvalue weighted by Gasteiger charge is -2.27. The van der Waals surface area contributed by atoms with E-state index in [1.54, 1.807) is 12.0 Å². The molecule has 0 rings (SSSR count). The number of hydrogen-bond donors (Lipinski definition) is 1. The third-order valence-corrected chi connectivity index (χ3v) is 2.71. The fraction of sp³-hybridized carbons (Fsp3) is 0.846. The van der Waals surface area contributed by atoms with E-state index in [0.29, 0.717) is 26.0 Å². The zero-order valence-electron chi connectivity index (χ0n) is 11.8. The van der Waals surface area contributed by atoms with E-state index in [-0.39, 0.29) is 24.3 Å². The van der Waals surface area contributed by atoms with Crippen LogP contribution in [-0.2, 0) is 14.3 Å². The Morgan fingerprint density at radius 3 is 2.33 bits per heavy atom. The SMILES string of the molecule is COCC(C)CC(=O)N(CCCC(=O)O)C(C)C. The predicted molar refractivity (Wildman–Crippen MR) is 69.4 cm³/mol. The molecular weight excluding hydrogens is 234 g/mol. The number of methoxy groups -OCH3 is 1. The summed E-state index contributed by atoms with van der Waals surface area (Å²) in [5.74, 6) is -0.568. The normalized spacial score (nSPS) is 12.5. The number of hydrogen-bond acceptors (Lipinski definition) is 3. The monoisotopic (exact) mass is 259 g/mol. The molecule has 0 saturated carbocycles. The van der Waals surface area contributed by atoms with Crippen LogP contribution in [0.3, 0.4) is 0 Å². The van der Waals surface area contributed by atoms with Crippen molar-refractivity contribution in [2.75, 3.05) is 20.3 Å². The molecule has 0 aliphatic heterocycles. The number of nitrogens with zero attached hydrogens (tertiary/aromatic N) is 1. The van der Waals surface area contributed by atoms with Gasteiger partial charge in [0.25, 0.3) is 0 Å². The molecule has 0 aromatic carbocycles. The van der Waals surface area contributed by atoms with Crippen LogP contribution in [0.5, 0.6) is 0 Å². The zero-order valence-corrected chi connectivity index (χ0v) is 11.8. The molecule has 0 spiro atoms. The molecule has 1 N–H and O–H groups in total. The number of aliphatic carboxylic acids is 1. The van der Waals surface area contributed by atoms with Gasteiger partial charge >= 0.3 is 5.97 Å². The Balaban J connectivity index is 4.23. The van der Waals surface area contributed by atoms with Crippen LogP contribution < -0.4 is 0 Å². The van der Waals surface area contributed by atoms with Crippen LogP contribution in [0, 0.1) is 5.92 Å². The predicted octanol–water partition coefficient (Wildman–Crippen LogP) is 1.76. The summed E-state index contributed by atoms with van der Waals surface area (Å²) in [6.07, 6.45) is 1.04. The van der Waals surface area contributed by atoms with Gasteiger partial charge in [-0.1, -0.05) is 6.92 Å². The van der Waals surface area contributed by atoms with Crippen LogP contribution in [-0.4, -0.2) is 48.2 Å². The molecule has 5 nitrogen and oxygen atoms in total. The second-order valence-corrected chi connectivity index (χ2v) is 4.94. The van der Waals surface area contributed by atoms with Gasteiger partial charge in [-0.3, -0.25) is 9.59 Å². The van der Waals surface area contributed by atoms with Gasteiger partial charge < -0.3 is 14.7 Å². The number of carboxylic acids is 1. The van der Waals surface area contributed by atoms with Gasteiger partial charge in [-0.05, 0) is 26.2 Å². The van der Waals surface area contributed by atoms with E-state index in [1.165, 1.54) is 0 Å². The minimum Gasteiger partial charge on any atom is -0.481 e. The topological polar surface area (TPSA) is 66.8 Å². The van der Waals surface area contributed by atoms with Gasteiger partial charge in [0.2, 0.25) is 5.91 Å². The highest BCUT2D eigenvalue weighted by atomic mass is 16.5. The first-order chi connectivity index (χ1) is 8.38. The number of rotatable bonds is 9. The summed E-state index contributed by atoms with van der Waals surface area (Å²) in [4.78, 5) is 24.3. The number of amides is 1. The maximum Gasteiger partial charge on any atom is 0.303 e. The minimum absolute atomic E-state index is 0.0694. The van der Waals surface area contributed by atoms with Crippen molar-refractivity contribution in [3.05, 3.63) is 0 Å². The van der Waals surface area contributed by atoms with E-state index in [2.05, 4.69) is 0 Å². The van der Waals surface area contributed by atoms with Gasteiger partial charge in [-0.25, -0.2) is 0 Å². The van der Waals surface area contributed by atoms with Gasteiger partial charge in [-0.2, -0.15) is 0 Å². The molecule has 0 heterocycles. The number of ether oxygens (including phenoxy) is 1. The summed E-state index contributed by atoms with van der Waals surface area (Å²) in [6.45, 7) is 6.92. The largest absolute Gasteiger partial charge is 0.481 e. The Labute approximate surface area is 109 Å². The molecule has 106 valence electrons. The molecule has 0 bridgehead atoms. The maximum atomic E-state index is 12.1. The molecule has 0 saturated heterocycles. The Hall–Kier alpha value is -1.10. The van der Waals surface area contributed by atoms with Crippen LogP contribution in [0.2, 0.25) is 0 Å². The van der Waals surface area contributed by atoms with E-state index >= 15 is 0 Å². The zero-order chi connectivity index (χ0) is 14.1. The van der Waals surface area contributed by atoms with E-state index in [9.17, 15) is 9.59 Å². The molecule has 0 aliphatic carbocycles. The molecule has 1 unspecified atom stereocenters. The minimum atomic E-state index is -0.820. The average molecular weight is 259 g/mol. The summed E-state index contributed by atoms with van der Waals surface area (Å²) < 4.78 is 5.01. The van der Waals surface area contributed by atoms with Crippen molar-refractivity contribution < 1.29 is 19.4 Å². The van der Waals surface area contributed by atoms with Crippen LogP contribution in [0.25, 0.3) is 0 Å². The number of carboxylic acid groups (broad SMARTS) is 1. The first-order valence-electron chi connectivity index (χ1n) is 6.38. The van der Waals surface area contributed by atoms with E-state index in [0.717, 1.165) is 0 Å². The second-order valence-electron chi connectivity index (χ2n) is 4.94. The Bertz CT molecular complexity index is 266. The standard InChI is InChI=1S/C13H25NO4/c1-10(2)14(7-5-6-13(16)17)12(15)8-11(3)9-18-4/h10-11H,5-9H2,1-4H3,(H,16,17). The van der Waals surface area contributed by atoms with Gasteiger partial charge in [-0.15, -0.1) is 0 Å². The van der Waals surface area contributed by atoms with Crippen LogP contribution in [0.1, 0.15) is 40.0 Å². The molecule has 18 heavy (non-hydrogen) atoms. The molecule has 0 aromatic heterocycles. The highest BCUT2D eigenvalue weighted by molar-refractivity contribution is 5.76. The van der Waals surface area contributed by atoms with E-state index in [1.807, 2.05) is 20.8 Å². The number of carbonyl (C=O) groups excluding carboxylic acids is 1. The highest BCUT2D eigenvalue weighted by Crippen LogP contribution is 2.10. The second kappa shape index (κ2) is 8.91. The number of carbonyl (C=O) groups is 2. The van der Waals surface area contributed by atoms with Crippen LogP contribution in [0.4, 0.5) is 0 Å². The molecule has 1 atom stereocenters. The van der Waals surface area contributed by atoms with Crippen molar-refractivity contribution in [3.8, 4) is 0 Å². The van der Waals surface area contributed by atoms with Crippen LogP contribution >= 0.6 is 0 Å². The third-order valence-electron chi connectivity index (χ3n) is 2.71. The molecule has 5 heteroatoms. The average Bonchev–Trinajstić information content (AvgIpc) is 2.23. The summed E-state index contributed by atoms with van der Waals surface area (Å²) in [5.41, 5.74) is 0. The first-order valence-corrected chi connectivity index (χ1v) is 6.38. The van der Waals surface area contributed by atoms with Gasteiger partial charge in [0, 0.05) is 39.1 Å². The van der Waals surface area contributed by atoms with E-state index < -0.39 is 5.97 Å². The summed E-state index contributed by atoms with van der Waals surface area (Å²) >= 11 is 0. The van der Waals surface area contributed by atoms with Gasteiger partial charge in [0.1, 0.15) is 0 Å². The smallest absolute Gasteiger partial charge is 0.303 e. The van der Waals surface area contributed by atoms with Crippen molar-refractivity contribution >= 4 is 11.9 Å². The molecule has 1 amide bonds. The lowest BCUT2D eigenvalue weighted by molar-refractivity contribution is -0.139. The third kappa shape index (κ3) is 7.27. The van der Waals surface area contributed by atoms with Crippen molar-refractivity contribution in [3.63, 3.8) is 0 Å². The fourth-order valence-electron chi connectivity index (χ4n) is 1.83. The van der Waals surface area contributed by atoms with Gasteiger partial charge in [0.05, 0.1) is 0 Å². The van der Waals surface area contributed by atoms with Crippen molar-refractivity contribution in [1.29, 1.82) is 0 Å². The molecular formula is C13H25NO4. The van der Waals surface area contributed by atoms with Crippen LogP contribution in [0.15, 0.2) is 0 Å². The summed E-state index contributed by atoms with van der Waals surface area (Å²) in [7, 11) is 1.62. The molecule has 0 radical (unpaired) electrons.